The van der Waals surface area contributed by atoms with Gasteiger partial charge in [-0.1, -0.05) is 73.9 Å². The van der Waals surface area contributed by atoms with Crippen LogP contribution in [0.3, 0.4) is 0 Å². The molecule has 160 valence electrons. The zero-order chi connectivity index (χ0) is 22.2. The van der Waals surface area contributed by atoms with Gasteiger partial charge < -0.3 is 5.32 Å². The van der Waals surface area contributed by atoms with E-state index in [0.29, 0.717) is 26.7 Å². The topological polar surface area (TPSA) is 77.1 Å². The second-order valence-corrected chi connectivity index (χ2v) is 9.72. The molecule has 7 nitrogen and oxygen atoms in total. The summed E-state index contributed by atoms with van der Waals surface area (Å²) >= 11 is 13.5. The molecule has 0 atom stereocenters. The third-order valence-electron chi connectivity index (χ3n) is 4.47. The molecular formula is C21H20Cl2N6OS. The van der Waals surface area contributed by atoms with Gasteiger partial charge in [-0.15, -0.1) is 10.2 Å². The van der Waals surface area contributed by atoms with Crippen LogP contribution >= 0.6 is 35.0 Å². The summed E-state index contributed by atoms with van der Waals surface area (Å²) in [7, 11) is 0. The molecule has 4 rings (SSSR count). The van der Waals surface area contributed by atoms with Crippen molar-refractivity contribution >= 4 is 52.3 Å². The van der Waals surface area contributed by atoms with Crippen LogP contribution in [0.4, 0.5) is 5.82 Å². The number of amides is 1. The van der Waals surface area contributed by atoms with E-state index in [1.807, 2.05) is 36.4 Å². The first-order chi connectivity index (χ1) is 14.7. The third kappa shape index (κ3) is 4.71. The van der Waals surface area contributed by atoms with Crippen molar-refractivity contribution in [1.29, 1.82) is 0 Å². The predicted octanol–water partition coefficient (Wildman–Crippen LogP) is 5.25. The number of nitrogens with zero attached hydrogens (tertiary/aromatic N) is 5. The van der Waals surface area contributed by atoms with Gasteiger partial charge in [0.05, 0.1) is 27.2 Å². The second-order valence-electron chi connectivity index (χ2n) is 7.93. The van der Waals surface area contributed by atoms with Crippen LogP contribution in [-0.2, 0) is 10.2 Å². The van der Waals surface area contributed by atoms with Crippen LogP contribution in [0.5, 0.6) is 0 Å². The normalized spacial score (nSPS) is 11.8. The number of thioether (sulfide) groups is 1. The van der Waals surface area contributed by atoms with E-state index >= 15 is 0 Å². The van der Waals surface area contributed by atoms with Crippen molar-refractivity contribution in [3.05, 3.63) is 64.4 Å². The van der Waals surface area contributed by atoms with Crippen LogP contribution in [0.1, 0.15) is 26.5 Å². The van der Waals surface area contributed by atoms with Crippen LogP contribution in [0.15, 0.2) is 53.8 Å². The molecule has 10 heteroatoms. The van der Waals surface area contributed by atoms with E-state index in [2.05, 4.69) is 36.3 Å². The van der Waals surface area contributed by atoms with Gasteiger partial charge in [-0.2, -0.15) is 5.10 Å². The van der Waals surface area contributed by atoms with Gasteiger partial charge in [-0.05, 0) is 18.2 Å². The fraction of sp³-hybridized carbons (Fsp3) is 0.238. The van der Waals surface area contributed by atoms with Crippen LogP contribution in [0.2, 0.25) is 10.0 Å². The van der Waals surface area contributed by atoms with Crippen molar-refractivity contribution in [2.24, 2.45) is 0 Å². The fourth-order valence-electron chi connectivity index (χ4n) is 2.91. The summed E-state index contributed by atoms with van der Waals surface area (Å²) in [6, 6.07) is 13.2. The van der Waals surface area contributed by atoms with E-state index < -0.39 is 0 Å². The number of pyridine rings is 1. The molecule has 1 amide bonds. The molecule has 1 N–H and O–H groups in total. The number of benzene rings is 1. The van der Waals surface area contributed by atoms with Crippen LogP contribution in [0.25, 0.3) is 11.3 Å². The van der Waals surface area contributed by atoms with Gasteiger partial charge in [-0.25, -0.2) is 4.68 Å². The van der Waals surface area contributed by atoms with Gasteiger partial charge in [0.1, 0.15) is 5.82 Å². The molecule has 0 bridgehead atoms. The molecule has 1 aromatic carbocycles. The van der Waals surface area contributed by atoms with Gasteiger partial charge in [0.2, 0.25) is 5.91 Å². The summed E-state index contributed by atoms with van der Waals surface area (Å²) in [4.78, 5) is 12.7. The quantitative estimate of drug-likeness (QED) is 0.399. The average molecular weight is 475 g/mol. The van der Waals surface area contributed by atoms with Gasteiger partial charge in [0, 0.05) is 17.7 Å². The Labute approximate surface area is 193 Å². The lowest BCUT2D eigenvalue weighted by Gasteiger charge is -2.14. The van der Waals surface area contributed by atoms with E-state index in [9.17, 15) is 4.79 Å². The highest BCUT2D eigenvalue weighted by atomic mass is 35.5. The maximum atomic E-state index is 12.7. The number of carbonyl (C=O) groups excluding carboxylic acids is 1. The molecule has 4 aromatic rings. The number of anilines is 1. The molecule has 0 aliphatic carbocycles. The summed E-state index contributed by atoms with van der Waals surface area (Å²) in [6.45, 7) is 6.25. The summed E-state index contributed by atoms with van der Waals surface area (Å²) < 4.78 is 3.42. The number of rotatable bonds is 5. The molecule has 31 heavy (non-hydrogen) atoms. The summed E-state index contributed by atoms with van der Waals surface area (Å²) in [5, 5.41) is 17.2. The summed E-state index contributed by atoms with van der Waals surface area (Å²) in [5.41, 5.74) is 2.08. The number of hydrogen-bond donors (Lipinski definition) is 1. The molecule has 0 unspecified atom stereocenters. The number of fused-ring (bicyclic) bond motifs is 1. The van der Waals surface area contributed by atoms with Gasteiger partial charge in [0.15, 0.2) is 10.8 Å². The number of hydrogen-bond acceptors (Lipinski definition) is 5. The molecule has 0 spiro atoms. The lowest BCUT2D eigenvalue weighted by atomic mass is 9.92. The fourth-order valence-corrected chi connectivity index (χ4v) is 4.13. The Hall–Kier alpha value is -2.55. The third-order valence-corrected chi connectivity index (χ3v) is 5.90. The Bertz CT molecular complexity index is 1250. The first kappa shape index (κ1) is 21.7. The molecule has 0 saturated carbocycles. The molecular weight excluding hydrogens is 455 g/mol. The Morgan fingerprint density at radius 1 is 1.13 bits per heavy atom. The SMILES string of the molecule is CC(C)(C)c1cc(NC(=O)CSc2nnc3c(Cl)cc(Cl)cn23)n(-c2ccccc2)n1. The van der Waals surface area contributed by atoms with Gasteiger partial charge in [-0.3, -0.25) is 9.20 Å². The Balaban J connectivity index is 1.54. The number of nitrogens with one attached hydrogen (secondary N) is 1. The number of para-hydroxylation sites is 1. The minimum absolute atomic E-state index is 0.135. The van der Waals surface area contributed by atoms with E-state index in [4.69, 9.17) is 28.3 Å². The number of halogens is 2. The van der Waals surface area contributed by atoms with E-state index in [1.54, 1.807) is 21.3 Å². The highest BCUT2D eigenvalue weighted by Gasteiger charge is 2.22. The van der Waals surface area contributed by atoms with Crippen LogP contribution in [-0.4, -0.2) is 36.0 Å². The maximum Gasteiger partial charge on any atom is 0.236 e. The second kappa shape index (κ2) is 8.53. The lowest BCUT2D eigenvalue weighted by Crippen LogP contribution is -2.17. The highest BCUT2D eigenvalue weighted by Crippen LogP contribution is 2.28. The minimum Gasteiger partial charge on any atom is -0.310 e. The first-order valence-electron chi connectivity index (χ1n) is 9.51. The Morgan fingerprint density at radius 2 is 1.87 bits per heavy atom. The zero-order valence-electron chi connectivity index (χ0n) is 17.1. The van der Waals surface area contributed by atoms with E-state index in [1.165, 1.54) is 11.8 Å². The molecule has 3 heterocycles. The zero-order valence-corrected chi connectivity index (χ0v) is 19.5. The van der Waals surface area contributed by atoms with Crippen molar-refractivity contribution in [2.75, 3.05) is 11.1 Å². The Kier molecular flexibility index (Phi) is 5.96. The van der Waals surface area contributed by atoms with Crippen LogP contribution in [0, 0.1) is 0 Å². The minimum atomic E-state index is -0.188. The maximum absolute atomic E-state index is 12.7. The summed E-state index contributed by atoms with van der Waals surface area (Å²) in [6.07, 6.45) is 1.67. The van der Waals surface area contributed by atoms with Gasteiger partial charge >= 0.3 is 0 Å². The van der Waals surface area contributed by atoms with Crippen molar-refractivity contribution in [2.45, 2.75) is 31.3 Å². The van der Waals surface area contributed by atoms with Crippen molar-refractivity contribution in [1.82, 2.24) is 24.4 Å². The van der Waals surface area contributed by atoms with Crippen molar-refractivity contribution < 1.29 is 4.79 Å². The number of carbonyl (C=O) groups is 1. The average Bonchev–Trinajstić information content (AvgIpc) is 3.31. The summed E-state index contributed by atoms with van der Waals surface area (Å²) in [5.74, 6) is 0.557. The molecule has 0 saturated heterocycles. The van der Waals surface area contributed by atoms with E-state index in [-0.39, 0.29) is 17.1 Å². The smallest absolute Gasteiger partial charge is 0.236 e. The van der Waals surface area contributed by atoms with Crippen LogP contribution < -0.4 is 5.32 Å². The molecule has 0 aliphatic heterocycles. The molecule has 3 aromatic heterocycles. The van der Waals surface area contributed by atoms with Gasteiger partial charge in [0.25, 0.3) is 0 Å². The molecule has 0 fully saturated rings. The highest BCUT2D eigenvalue weighted by molar-refractivity contribution is 7.99. The van der Waals surface area contributed by atoms with Crippen molar-refractivity contribution in [3.63, 3.8) is 0 Å². The first-order valence-corrected chi connectivity index (χ1v) is 11.2. The largest absolute Gasteiger partial charge is 0.310 e. The van der Waals surface area contributed by atoms with E-state index in [0.717, 1.165) is 11.4 Å². The standard InChI is InChI=1S/C21H20Cl2N6OS/c1-21(2,3)16-10-17(29(27-16)14-7-5-4-6-8-14)24-18(30)12-31-20-26-25-19-15(23)9-13(22)11-28(19)20/h4-11H,12H2,1-3H3,(H,24,30). The molecule has 0 radical (unpaired) electrons. The van der Waals surface area contributed by atoms with Crippen molar-refractivity contribution in [3.8, 4) is 5.69 Å². The number of aromatic nitrogens is 5. The molecule has 0 aliphatic rings. The monoisotopic (exact) mass is 474 g/mol. The Morgan fingerprint density at radius 3 is 2.58 bits per heavy atom. The lowest BCUT2D eigenvalue weighted by molar-refractivity contribution is -0.113. The predicted molar refractivity (Wildman–Crippen MR) is 125 cm³/mol.